The number of hydrazine groups is 1. The number of para-hydroxylation sites is 1. The van der Waals surface area contributed by atoms with Gasteiger partial charge in [0.25, 0.3) is 5.91 Å². The van der Waals surface area contributed by atoms with E-state index >= 15 is 0 Å². The summed E-state index contributed by atoms with van der Waals surface area (Å²) >= 11 is 2.99. The summed E-state index contributed by atoms with van der Waals surface area (Å²) in [5.41, 5.74) is 4.09. The molecule has 0 fully saturated rings. The van der Waals surface area contributed by atoms with Gasteiger partial charge in [0.1, 0.15) is 5.25 Å². The zero-order valence-electron chi connectivity index (χ0n) is 11.0. The highest BCUT2D eigenvalue weighted by Gasteiger charge is 2.22. The van der Waals surface area contributed by atoms with E-state index in [1.54, 1.807) is 11.3 Å². The Bertz CT molecular complexity index is 725. The molecule has 3 aromatic rings. The van der Waals surface area contributed by atoms with Crippen LogP contribution in [-0.2, 0) is 4.79 Å². The summed E-state index contributed by atoms with van der Waals surface area (Å²) in [7, 11) is 0. The van der Waals surface area contributed by atoms with Crippen molar-refractivity contribution < 1.29 is 4.79 Å². The van der Waals surface area contributed by atoms with E-state index in [9.17, 15) is 4.79 Å². The second-order valence-electron chi connectivity index (χ2n) is 4.36. The van der Waals surface area contributed by atoms with Gasteiger partial charge in [-0.2, -0.15) is 0 Å². The maximum atomic E-state index is 12.1. The number of benzene rings is 2. The van der Waals surface area contributed by atoms with Gasteiger partial charge in [-0.1, -0.05) is 54.2 Å². The molecule has 0 saturated carbocycles. The fourth-order valence-electron chi connectivity index (χ4n) is 1.98. The first-order chi connectivity index (χ1) is 10.3. The Balaban J connectivity index is 1.92. The zero-order chi connectivity index (χ0) is 14.7. The van der Waals surface area contributed by atoms with E-state index in [4.69, 9.17) is 5.84 Å². The van der Waals surface area contributed by atoms with Crippen molar-refractivity contribution in [3.8, 4) is 0 Å². The van der Waals surface area contributed by atoms with E-state index in [1.165, 1.54) is 11.8 Å². The van der Waals surface area contributed by atoms with Crippen LogP contribution >= 0.6 is 23.1 Å². The highest BCUT2D eigenvalue weighted by molar-refractivity contribution is 8.02. The number of hydrogen-bond acceptors (Lipinski definition) is 5. The van der Waals surface area contributed by atoms with Gasteiger partial charge in [0.05, 0.1) is 10.2 Å². The highest BCUT2D eigenvalue weighted by atomic mass is 32.2. The molecule has 0 saturated heterocycles. The molecule has 1 heterocycles. The van der Waals surface area contributed by atoms with Gasteiger partial charge < -0.3 is 0 Å². The smallest absolute Gasteiger partial charge is 0.251 e. The van der Waals surface area contributed by atoms with Gasteiger partial charge in [-0.3, -0.25) is 10.2 Å². The molecule has 0 spiro atoms. The largest absolute Gasteiger partial charge is 0.293 e. The van der Waals surface area contributed by atoms with Crippen molar-refractivity contribution in [2.24, 2.45) is 5.84 Å². The number of rotatable bonds is 4. The predicted octanol–water partition coefficient (Wildman–Crippen LogP) is 3.12. The molecule has 0 aliphatic carbocycles. The predicted molar refractivity (Wildman–Crippen MR) is 87.0 cm³/mol. The third-order valence-electron chi connectivity index (χ3n) is 2.98. The second kappa shape index (κ2) is 6.26. The molecule has 106 valence electrons. The normalized spacial score (nSPS) is 12.2. The van der Waals surface area contributed by atoms with Gasteiger partial charge in [-0.05, 0) is 17.7 Å². The van der Waals surface area contributed by atoms with E-state index in [0.29, 0.717) is 0 Å². The van der Waals surface area contributed by atoms with Crippen LogP contribution < -0.4 is 11.3 Å². The first-order valence-corrected chi connectivity index (χ1v) is 8.05. The van der Waals surface area contributed by atoms with E-state index in [0.717, 1.165) is 20.1 Å². The minimum absolute atomic E-state index is 0.231. The molecule has 0 radical (unpaired) electrons. The van der Waals surface area contributed by atoms with Crippen molar-refractivity contribution in [3.63, 3.8) is 0 Å². The number of amides is 1. The van der Waals surface area contributed by atoms with E-state index < -0.39 is 5.25 Å². The Morgan fingerprint density at radius 1 is 1.14 bits per heavy atom. The molecular weight excluding hydrogens is 302 g/mol. The lowest BCUT2D eigenvalue weighted by atomic mass is 10.1. The second-order valence-corrected chi connectivity index (χ2v) is 6.75. The Hall–Kier alpha value is -1.89. The highest BCUT2D eigenvalue weighted by Crippen LogP contribution is 2.39. The van der Waals surface area contributed by atoms with E-state index in [2.05, 4.69) is 10.4 Å². The van der Waals surface area contributed by atoms with Crippen LogP contribution in [0.1, 0.15) is 10.8 Å². The lowest BCUT2D eigenvalue weighted by Gasteiger charge is -2.13. The number of aromatic nitrogens is 1. The molecule has 3 rings (SSSR count). The van der Waals surface area contributed by atoms with Crippen LogP contribution in [-0.4, -0.2) is 10.9 Å². The molecule has 0 bridgehead atoms. The number of nitrogens with one attached hydrogen (secondary N) is 1. The quantitative estimate of drug-likeness (QED) is 0.336. The van der Waals surface area contributed by atoms with Crippen LogP contribution in [0.3, 0.4) is 0 Å². The fourth-order valence-corrected chi connectivity index (χ4v) is 4.25. The Labute approximate surface area is 130 Å². The number of hydrogen-bond donors (Lipinski definition) is 2. The third kappa shape index (κ3) is 3.07. The molecular formula is C15H13N3OS2. The molecule has 0 aliphatic heterocycles. The third-order valence-corrected chi connectivity index (χ3v) is 5.36. The molecule has 21 heavy (non-hydrogen) atoms. The van der Waals surface area contributed by atoms with Gasteiger partial charge in [-0.25, -0.2) is 10.8 Å². The van der Waals surface area contributed by atoms with Gasteiger partial charge in [-0.15, -0.1) is 11.3 Å². The summed E-state index contributed by atoms with van der Waals surface area (Å²) in [6.45, 7) is 0. The van der Waals surface area contributed by atoms with Crippen molar-refractivity contribution >= 4 is 39.2 Å². The molecule has 6 heteroatoms. The molecule has 2 aromatic carbocycles. The molecule has 0 aliphatic rings. The molecule has 3 N–H and O–H groups in total. The molecule has 1 amide bonds. The number of fused-ring (bicyclic) bond motifs is 1. The van der Waals surface area contributed by atoms with Gasteiger partial charge >= 0.3 is 0 Å². The SMILES string of the molecule is NNC(=O)C(Sc1nc2ccccc2s1)c1ccccc1. The molecule has 1 atom stereocenters. The monoisotopic (exact) mass is 315 g/mol. The number of nitrogens with two attached hydrogens (primary N) is 1. The number of carbonyl (C=O) groups is 1. The lowest BCUT2D eigenvalue weighted by molar-refractivity contribution is -0.120. The summed E-state index contributed by atoms with van der Waals surface area (Å²) in [5, 5.41) is -0.406. The van der Waals surface area contributed by atoms with Crippen molar-refractivity contribution in [1.29, 1.82) is 0 Å². The van der Waals surface area contributed by atoms with Gasteiger partial charge in [0.2, 0.25) is 0 Å². The summed E-state index contributed by atoms with van der Waals surface area (Å²) in [4.78, 5) is 16.6. The molecule has 1 aromatic heterocycles. The average Bonchev–Trinajstić information content (AvgIpc) is 2.95. The summed E-state index contributed by atoms with van der Waals surface area (Å²) < 4.78 is 1.97. The van der Waals surface area contributed by atoms with Gasteiger partial charge in [0, 0.05) is 0 Å². The van der Waals surface area contributed by atoms with Crippen molar-refractivity contribution in [3.05, 3.63) is 60.2 Å². The number of nitrogens with zero attached hydrogens (tertiary/aromatic N) is 1. The van der Waals surface area contributed by atoms with Crippen LogP contribution in [0.2, 0.25) is 0 Å². The minimum Gasteiger partial charge on any atom is -0.293 e. The average molecular weight is 315 g/mol. The van der Waals surface area contributed by atoms with Gasteiger partial charge in [0.15, 0.2) is 4.34 Å². The van der Waals surface area contributed by atoms with E-state index in [1.807, 2.05) is 54.6 Å². The Morgan fingerprint density at radius 3 is 2.57 bits per heavy atom. The summed E-state index contributed by atoms with van der Waals surface area (Å²) in [6.07, 6.45) is 0. The van der Waals surface area contributed by atoms with Crippen LogP contribution in [0.5, 0.6) is 0 Å². The topological polar surface area (TPSA) is 68.0 Å². The standard InChI is InChI=1S/C15H13N3OS2/c16-18-14(19)13(10-6-2-1-3-7-10)21-15-17-11-8-4-5-9-12(11)20-15/h1-9,13H,16H2,(H,18,19). The van der Waals surface area contributed by atoms with E-state index in [-0.39, 0.29) is 5.91 Å². The zero-order valence-corrected chi connectivity index (χ0v) is 12.7. The van der Waals surface area contributed by atoms with Crippen molar-refractivity contribution in [2.45, 2.75) is 9.59 Å². The Kier molecular flexibility index (Phi) is 4.19. The number of carbonyl (C=O) groups excluding carboxylic acids is 1. The maximum Gasteiger partial charge on any atom is 0.251 e. The minimum atomic E-state index is -0.406. The molecule has 1 unspecified atom stereocenters. The first-order valence-electron chi connectivity index (χ1n) is 6.35. The maximum absolute atomic E-state index is 12.1. The Morgan fingerprint density at radius 2 is 1.86 bits per heavy atom. The van der Waals surface area contributed by atoms with Crippen molar-refractivity contribution in [2.75, 3.05) is 0 Å². The van der Waals surface area contributed by atoms with Crippen molar-refractivity contribution in [1.82, 2.24) is 10.4 Å². The van der Waals surface area contributed by atoms with Crippen LogP contribution in [0.25, 0.3) is 10.2 Å². The lowest BCUT2D eigenvalue weighted by Crippen LogP contribution is -2.33. The number of thiazole rings is 1. The van der Waals surface area contributed by atoms with Crippen LogP contribution in [0.15, 0.2) is 58.9 Å². The summed E-state index contributed by atoms with van der Waals surface area (Å²) in [5.74, 6) is 5.08. The van der Waals surface area contributed by atoms with Crippen LogP contribution in [0.4, 0.5) is 0 Å². The first kappa shape index (κ1) is 14.1. The van der Waals surface area contributed by atoms with Crippen LogP contribution in [0, 0.1) is 0 Å². The summed E-state index contributed by atoms with van der Waals surface area (Å²) in [6, 6.07) is 17.5. The molecule has 4 nitrogen and oxygen atoms in total. The fraction of sp³-hybridized carbons (Fsp3) is 0.0667. The number of thioether (sulfide) groups is 1.